The van der Waals surface area contributed by atoms with Gasteiger partial charge in [0.25, 0.3) is 0 Å². The standard InChI is InChI=1S/C47H70N2O7/c1-31(50)48-26-28-54-39(51)32-14-12-13-15-33(32)40(52)56-38-19-20-44(6)36(43(38,4)5)18-21-46(8)37(44)17-16-34-35-30-42(2,3)22-24-47(35,25-23-45(34,46)7)41(53)55-29-27-49(9,10)11/h12-16,35-38H,17-30H2,1-11H3/p+1/t35-,36-,37+,38-,44-,45+,46+,47-/m0/s1. The molecule has 1 aromatic carbocycles. The molecular formula is C47H71N2O7+. The van der Waals surface area contributed by atoms with Crippen LogP contribution in [0.3, 0.4) is 0 Å². The number of allylic oxidation sites excluding steroid dienone is 2. The van der Waals surface area contributed by atoms with Gasteiger partial charge in [-0.05, 0) is 116 Å². The Balaban J connectivity index is 1.22. The third kappa shape index (κ3) is 7.36. The van der Waals surface area contributed by atoms with Crippen molar-refractivity contribution in [2.45, 2.75) is 126 Å². The molecule has 0 spiro atoms. The van der Waals surface area contributed by atoms with E-state index in [1.165, 1.54) is 12.5 Å². The fourth-order valence-corrected chi connectivity index (χ4v) is 12.8. The maximum atomic E-state index is 14.3. The van der Waals surface area contributed by atoms with Crippen LogP contribution in [0.4, 0.5) is 0 Å². The second-order valence-electron chi connectivity index (χ2n) is 21.4. The number of likely N-dealkylation sites (N-methyl/N-ethyl adjacent to an activating group) is 1. The molecule has 9 nitrogen and oxygen atoms in total. The molecule has 0 aliphatic heterocycles. The van der Waals surface area contributed by atoms with Crippen LogP contribution in [0.15, 0.2) is 35.9 Å². The van der Waals surface area contributed by atoms with Crippen LogP contribution >= 0.6 is 0 Å². The first-order valence-corrected chi connectivity index (χ1v) is 21.4. The highest BCUT2D eigenvalue weighted by atomic mass is 16.5. The van der Waals surface area contributed by atoms with Gasteiger partial charge in [-0.2, -0.15) is 0 Å². The van der Waals surface area contributed by atoms with E-state index in [-0.39, 0.29) is 75.3 Å². The number of hydrogen-bond donors (Lipinski definition) is 1. The summed E-state index contributed by atoms with van der Waals surface area (Å²) < 4.78 is 18.8. The number of carbonyl (C=O) groups is 4. The minimum absolute atomic E-state index is 0.0106. The summed E-state index contributed by atoms with van der Waals surface area (Å²) in [5, 5.41) is 2.61. The van der Waals surface area contributed by atoms with E-state index in [4.69, 9.17) is 14.2 Å². The smallest absolute Gasteiger partial charge is 0.339 e. The number of hydrogen-bond acceptors (Lipinski definition) is 7. The predicted octanol–water partition coefficient (Wildman–Crippen LogP) is 8.56. The Kier molecular flexibility index (Phi) is 11.3. The molecule has 4 saturated carbocycles. The van der Waals surface area contributed by atoms with Gasteiger partial charge in [0.1, 0.15) is 25.9 Å². The normalized spacial score (nSPS) is 35.6. The largest absolute Gasteiger partial charge is 0.460 e. The van der Waals surface area contributed by atoms with Crippen molar-refractivity contribution in [2.24, 2.45) is 50.2 Å². The maximum absolute atomic E-state index is 14.3. The number of ether oxygens (including phenoxy) is 3. The Hall–Kier alpha value is -3.20. The molecular weight excluding hydrogens is 705 g/mol. The van der Waals surface area contributed by atoms with Crippen LogP contribution in [0, 0.1) is 50.2 Å². The number of nitrogens with zero attached hydrogens (tertiary/aromatic N) is 1. The van der Waals surface area contributed by atoms with Crippen LogP contribution in [0.1, 0.15) is 140 Å². The molecule has 56 heavy (non-hydrogen) atoms. The summed E-state index contributed by atoms with van der Waals surface area (Å²) in [6.07, 6.45) is 12.1. The minimum Gasteiger partial charge on any atom is -0.460 e. The predicted molar refractivity (Wildman–Crippen MR) is 218 cm³/mol. The number of amides is 1. The van der Waals surface area contributed by atoms with E-state index in [9.17, 15) is 19.2 Å². The van der Waals surface area contributed by atoms with E-state index < -0.39 is 17.4 Å². The number of nitrogens with one attached hydrogen (secondary N) is 1. The average Bonchev–Trinajstić information content (AvgIpc) is 3.10. The third-order valence-corrected chi connectivity index (χ3v) is 16.3. The number of esters is 3. The van der Waals surface area contributed by atoms with Crippen molar-refractivity contribution in [3.8, 4) is 0 Å². The van der Waals surface area contributed by atoms with Crippen molar-refractivity contribution in [1.29, 1.82) is 0 Å². The van der Waals surface area contributed by atoms with Gasteiger partial charge in [0, 0.05) is 12.3 Å². The monoisotopic (exact) mass is 776 g/mol. The molecule has 0 heterocycles. The Morgan fingerprint density at radius 3 is 2.11 bits per heavy atom. The lowest BCUT2D eigenvalue weighted by atomic mass is 9.33. The summed E-state index contributed by atoms with van der Waals surface area (Å²) in [6.45, 7) is 19.9. The molecule has 6 rings (SSSR count). The lowest BCUT2D eigenvalue weighted by Gasteiger charge is -2.71. The van der Waals surface area contributed by atoms with Gasteiger partial charge in [0.05, 0.1) is 44.2 Å². The van der Waals surface area contributed by atoms with Gasteiger partial charge in [-0.25, -0.2) is 9.59 Å². The topological polar surface area (TPSA) is 108 Å². The van der Waals surface area contributed by atoms with Crippen LogP contribution in [0.2, 0.25) is 0 Å². The van der Waals surface area contributed by atoms with Crippen molar-refractivity contribution < 1.29 is 37.9 Å². The van der Waals surface area contributed by atoms with Gasteiger partial charge < -0.3 is 24.0 Å². The molecule has 9 heteroatoms. The quantitative estimate of drug-likeness (QED) is 0.0835. The second-order valence-corrected chi connectivity index (χ2v) is 21.4. The highest BCUT2D eigenvalue weighted by Gasteiger charge is 2.69. The first-order chi connectivity index (χ1) is 26.0. The number of carbonyl (C=O) groups excluding carboxylic acids is 4. The van der Waals surface area contributed by atoms with Crippen LogP contribution in [0.5, 0.6) is 0 Å². The molecule has 0 bridgehead atoms. The molecule has 5 aliphatic rings. The van der Waals surface area contributed by atoms with Crippen molar-refractivity contribution >= 4 is 23.8 Å². The summed E-state index contributed by atoms with van der Waals surface area (Å²) in [5.41, 5.74) is 1.46. The molecule has 1 aromatic rings. The number of quaternary nitrogens is 1. The third-order valence-electron chi connectivity index (χ3n) is 16.3. The van der Waals surface area contributed by atoms with E-state index >= 15 is 0 Å². The van der Waals surface area contributed by atoms with Gasteiger partial charge in [-0.1, -0.05) is 72.2 Å². The lowest BCUT2D eigenvalue weighted by Crippen LogP contribution is -2.65. The summed E-state index contributed by atoms with van der Waals surface area (Å²) >= 11 is 0. The maximum Gasteiger partial charge on any atom is 0.339 e. The van der Waals surface area contributed by atoms with E-state index in [0.717, 1.165) is 75.2 Å². The second kappa shape index (κ2) is 14.9. The molecule has 0 unspecified atom stereocenters. The molecule has 4 fully saturated rings. The summed E-state index contributed by atoms with van der Waals surface area (Å²) in [4.78, 5) is 52.4. The van der Waals surface area contributed by atoms with E-state index in [2.05, 4.69) is 81.0 Å². The van der Waals surface area contributed by atoms with Crippen molar-refractivity contribution in [3.05, 3.63) is 47.0 Å². The lowest BCUT2D eigenvalue weighted by molar-refractivity contribution is -0.870. The molecule has 0 radical (unpaired) electrons. The highest BCUT2D eigenvalue weighted by molar-refractivity contribution is 6.03. The number of benzene rings is 1. The summed E-state index contributed by atoms with van der Waals surface area (Å²) in [7, 11) is 6.43. The minimum atomic E-state index is -0.614. The van der Waals surface area contributed by atoms with Gasteiger partial charge in [0.2, 0.25) is 5.91 Å². The molecule has 0 aromatic heterocycles. The molecule has 310 valence electrons. The fraction of sp³-hybridized carbons (Fsp3) is 0.745. The Morgan fingerprint density at radius 1 is 0.786 bits per heavy atom. The first kappa shape index (κ1) is 42.4. The molecule has 5 aliphatic carbocycles. The van der Waals surface area contributed by atoms with Crippen molar-refractivity contribution in [3.63, 3.8) is 0 Å². The van der Waals surface area contributed by atoms with Crippen molar-refractivity contribution in [2.75, 3.05) is 47.4 Å². The fourth-order valence-electron chi connectivity index (χ4n) is 12.8. The molecule has 1 N–H and O–H groups in total. The zero-order valence-electron chi connectivity index (χ0n) is 36.4. The average molecular weight is 776 g/mol. The van der Waals surface area contributed by atoms with E-state index in [0.29, 0.717) is 18.4 Å². The molecule has 1 amide bonds. The number of fused-ring (bicyclic) bond motifs is 7. The van der Waals surface area contributed by atoms with Crippen molar-refractivity contribution in [1.82, 2.24) is 5.32 Å². The van der Waals surface area contributed by atoms with Gasteiger partial charge >= 0.3 is 17.9 Å². The molecule has 0 saturated heterocycles. The zero-order chi connectivity index (χ0) is 41.1. The number of rotatable bonds is 10. The Morgan fingerprint density at radius 2 is 1.45 bits per heavy atom. The van der Waals surface area contributed by atoms with Crippen LogP contribution in [-0.2, 0) is 23.8 Å². The Bertz CT molecular complexity index is 1740. The summed E-state index contributed by atoms with van der Waals surface area (Å²) in [6, 6.07) is 6.66. The Labute approximate surface area is 336 Å². The highest BCUT2D eigenvalue weighted by Crippen LogP contribution is 2.76. The summed E-state index contributed by atoms with van der Waals surface area (Å²) in [5.74, 6) is -0.269. The molecule has 8 atom stereocenters. The van der Waals surface area contributed by atoms with Gasteiger partial charge in [-0.15, -0.1) is 0 Å². The van der Waals surface area contributed by atoms with Crippen LogP contribution in [-0.4, -0.2) is 81.8 Å². The van der Waals surface area contributed by atoms with Crippen LogP contribution < -0.4 is 5.32 Å². The van der Waals surface area contributed by atoms with Crippen LogP contribution in [0.25, 0.3) is 0 Å². The first-order valence-electron chi connectivity index (χ1n) is 21.4. The van der Waals surface area contributed by atoms with Gasteiger partial charge in [0.15, 0.2) is 0 Å². The van der Waals surface area contributed by atoms with Gasteiger partial charge in [-0.3, -0.25) is 9.59 Å². The van der Waals surface area contributed by atoms with E-state index in [1.54, 1.807) is 24.3 Å². The zero-order valence-corrected chi connectivity index (χ0v) is 36.4. The van der Waals surface area contributed by atoms with E-state index in [1.807, 2.05) is 0 Å². The SMILES string of the molecule is CC(=O)NCCOC(=O)c1ccccc1C(=O)O[C@H]1CC[C@]2(C)[C@H]3CC=C4[C@@H]5CC(C)(C)CC[C@]5(C(=O)OCC[N+](C)(C)C)CC[C@@]4(C)[C@]3(C)CC[C@H]2C1(C)C.